The summed E-state index contributed by atoms with van der Waals surface area (Å²) >= 11 is 0. The Hall–Kier alpha value is -2.61. The number of hydrogen-bond donors (Lipinski definition) is 3. The normalized spacial score (nSPS) is 12.0. The lowest BCUT2D eigenvalue weighted by atomic mass is 10.1. The highest BCUT2D eigenvalue weighted by molar-refractivity contribution is 5.85. The van der Waals surface area contributed by atoms with Crippen molar-refractivity contribution in [2.75, 3.05) is 0 Å². The standard InChI is InChI=1S/C17H24N2O6/c1-17(2,3)25-14(20)10-9-13(15(21)19-23)18-16(22)24-11-12-7-5-4-6-8-12/h4-8,13,23H,9-11H2,1-3H3,(H,18,22)(H,19,21)/t13-/m0/s1. The van der Waals surface area contributed by atoms with E-state index in [4.69, 9.17) is 14.7 Å². The van der Waals surface area contributed by atoms with E-state index in [9.17, 15) is 14.4 Å². The minimum absolute atomic E-state index is 0.0339. The van der Waals surface area contributed by atoms with Gasteiger partial charge in [0.25, 0.3) is 5.91 Å². The SMILES string of the molecule is CC(C)(C)OC(=O)CC[C@H](NC(=O)OCc1ccccc1)C(=O)NO. The quantitative estimate of drug-likeness (QED) is 0.392. The molecule has 2 amide bonds. The van der Waals surface area contributed by atoms with E-state index in [2.05, 4.69) is 5.32 Å². The minimum Gasteiger partial charge on any atom is -0.460 e. The second kappa shape index (κ2) is 9.63. The van der Waals surface area contributed by atoms with E-state index in [1.54, 1.807) is 45.0 Å². The van der Waals surface area contributed by atoms with E-state index < -0.39 is 29.6 Å². The molecule has 0 aliphatic heterocycles. The van der Waals surface area contributed by atoms with Gasteiger partial charge in [-0.2, -0.15) is 0 Å². The molecule has 1 aromatic rings. The van der Waals surface area contributed by atoms with Crippen molar-refractivity contribution < 1.29 is 29.1 Å². The smallest absolute Gasteiger partial charge is 0.408 e. The zero-order valence-corrected chi connectivity index (χ0v) is 14.6. The molecule has 0 heterocycles. The summed E-state index contributed by atoms with van der Waals surface area (Å²) in [7, 11) is 0. The van der Waals surface area contributed by atoms with Gasteiger partial charge < -0.3 is 14.8 Å². The number of carbonyl (C=O) groups excluding carboxylic acids is 3. The van der Waals surface area contributed by atoms with Crippen LogP contribution in [0.1, 0.15) is 39.2 Å². The summed E-state index contributed by atoms with van der Waals surface area (Å²) < 4.78 is 10.1. The molecular formula is C17H24N2O6. The van der Waals surface area contributed by atoms with Gasteiger partial charge in [-0.05, 0) is 32.8 Å². The van der Waals surface area contributed by atoms with Crippen LogP contribution in [-0.2, 0) is 25.7 Å². The van der Waals surface area contributed by atoms with Crippen molar-refractivity contribution in [1.82, 2.24) is 10.8 Å². The molecular weight excluding hydrogens is 328 g/mol. The summed E-state index contributed by atoms with van der Waals surface area (Å²) in [4.78, 5) is 35.2. The molecule has 0 spiro atoms. The van der Waals surface area contributed by atoms with Gasteiger partial charge >= 0.3 is 12.1 Å². The van der Waals surface area contributed by atoms with Crippen LogP contribution in [0.25, 0.3) is 0 Å². The predicted molar refractivity (Wildman–Crippen MR) is 88.6 cm³/mol. The van der Waals surface area contributed by atoms with Crippen molar-refractivity contribution in [1.29, 1.82) is 0 Å². The molecule has 0 aliphatic carbocycles. The molecule has 0 aromatic heterocycles. The number of alkyl carbamates (subject to hydrolysis) is 1. The Labute approximate surface area is 146 Å². The fraction of sp³-hybridized carbons (Fsp3) is 0.471. The molecule has 0 radical (unpaired) electrons. The zero-order chi connectivity index (χ0) is 18.9. The van der Waals surface area contributed by atoms with E-state index in [-0.39, 0.29) is 19.4 Å². The van der Waals surface area contributed by atoms with Crippen LogP contribution in [0.2, 0.25) is 0 Å². The van der Waals surface area contributed by atoms with Crippen LogP contribution in [0, 0.1) is 0 Å². The highest BCUT2D eigenvalue weighted by Crippen LogP contribution is 2.10. The average Bonchev–Trinajstić information content (AvgIpc) is 2.55. The van der Waals surface area contributed by atoms with E-state index in [0.717, 1.165) is 5.56 Å². The fourth-order valence-electron chi connectivity index (χ4n) is 1.91. The molecule has 1 atom stereocenters. The fourth-order valence-corrected chi connectivity index (χ4v) is 1.91. The zero-order valence-electron chi connectivity index (χ0n) is 14.6. The second-order valence-corrected chi connectivity index (χ2v) is 6.36. The molecule has 0 bridgehead atoms. The van der Waals surface area contributed by atoms with Gasteiger partial charge in [0.05, 0.1) is 0 Å². The van der Waals surface area contributed by atoms with Crippen molar-refractivity contribution in [3.63, 3.8) is 0 Å². The summed E-state index contributed by atoms with van der Waals surface area (Å²) in [5, 5.41) is 11.1. The van der Waals surface area contributed by atoms with Gasteiger partial charge in [0, 0.05) is 6.42 Å². The summed E-state index contributed by atoms with van der Waals surface area (Å²) in [6, 6.07) is 7.89. The van der Waals surface area contributed by atoms with Gasteiger partial charge in [0.15, 0.2) is 0 Å². The lowest BCUT2D eigenvalue weighted by Gasteiger charge is -2.21. The van der Waals surface area contributed by atoms with Crippen LogP contribution in [0.15, 0.2) is 30.3 Å². The molecule has 1 aromatic carbocycles. The van der Waals surface area contributed by atoms with Crippen molar-refractivity contribution in [3.8, 4) is 0 Å². The molecule has 0 unspecified atom stereocenters. The van der Waals surface area contributed by atoms with E-state index in [1.165, 1.54) is 5.48 Å². The van der Waals surface area contributed by atoms with Crippen molar-refractivity contribution in [2.45, 2.75) is 51.9 Å². The minimum atomic E-state index is -1.12. The third-order valence-electron chi connectivity index (χ3n) is 2.99. The van der Waals surface area contributed by atoms with Gasteiger partial charge in [-0.15, -0.1) is 0 Å². The van der Waals surface area contributed by atoms with Gasteiger partial charge in [-0.3, -0.25) is 14.8 Å². The first-order chi connectivity index (χ1) is 11.7. The first-order valence-electron chi connectivity index (χ1n) is 7.84. The van der Waals surface area contributed by atoms with Crippen molar-refractivity contribution in [2.24, 2.45) is 0 Å². The number of amides is 2. The molecule has 0 saturated heterocycles. The number of hydroxylamine groups is 1. The predicted octanol–water partition coefficient (Wildman–Crippen LogP) is 1.91. The molecule has 0 aliphatic rings. The molecule has 3 N–H and O–H groups in total. The number of benzene rings is 1. The number of nitrogens with one attached hydrogen (secondary N) is 2. The third kappa shape index (κ3) is 8.71. The van der Waals surface area contributed by atoms with E-state index in [0.29, 0.717) is 0 Å². The van der Waals surface area contributed by atoms with Crippen LogP contribution in [0.4, 0.5) is 4.79 Å². The molecule has 0 saturated carbocycles. The lowest BCUT2D eigenvalue weighted by Crippen LogP contribution is -2.46. The average molecular weight is 352 g/mol. The Bertz CT molecular complexity index is 583. The summed E-state index contributed by atoms with van der Waals surface area (Å²) in [5.41, 5.74) is 1.60. The maximum atomic E-state index is 11.8. The largest absolute Gasteiger partial charge is 0.460 e. The summed E-state index contributed by atoms with van der Waals surface area (Å²) in [6.07, 6.45) is -0.975. The van der Waals surface area contributed by atoms with E-state index in [1.807, 2.05) is 6.07 Å². The first-order valence-corrected chi connectivity index (χ1v) is 7.84. The molecule has 8 nitrogen and oxygen atoms in total. The number of ether oxygens (including phenoxy) is 2. The van der Waals surface area contributed by atoms with E-state index >= 15 is 0 Å². The van der Waals surface area contributed by atoms with Gasteiger partial charge in [0.1, 0.15) is 18.2 Å². The van der Waals surface area contributed by atoms with Gasteiger partial charge in [0.2, 0.25) is 0 Å². The van der Waals surface area contributed by atoms with Crippen molar-refractivity contribution >= 4 is 18.0 Å². The van der Waals surface area contributed by atoms with Crippen LogP contribution < -0.4 is 10.8 Å². The topological polar surface area (TPSA) is 114 Å². The van der Waals surface area contributed by atoms with Crippen LogP contribution in [0.5, 0.6) is 0 Å². The highest BCUT2D eigenvalue weighted by Gasteiger charge is 2.24. The molecule has 0 fully saturated rings. The Balaban J connectivity index is 2.50. The number of esters is 1. The Kier molecular flexibility index (Phi) is 7.87. The Morgan fingerprint density at radius 2 is 1.80 bits per heavy atom. The first kappa shape index (κ1) is 20.4. The number of carbonyl (C=O) groups is 3. The van der Waals surface area contributed by atoms with Crippen molar-refractivity contribution in [3.05, 3.63) is 35.9 Å². The summed E-state index contributed by atoms with van der Waals surface area (Å²) in [5.74, 6) is -1.36. The van der Waals surface area contributed by atoms with Gasteiger partial charge in [-0.25, -0.2) is 10.3 Å². The highest BCUT2D eigenvalue weighted by atomic mass is 16.6. The Morgan fingerprint density at radius 3 is 2.36 bits per heavy atom. The lowest BCUT2D eigenvalue weighted by molar-refractivity contribution is -0.155. The molecule has 25 heavy (non-hydrogen) atoms. The maximum absolute atomic E-state index is 11.8. The van der Waals surface area contributed by atoms with Crippen LogP contribution in [-0.4, -0.2) is 34.8 Å². The monoisotopic (exact) mass is 352 g/mol. The number of hydrogen-bond acceptors (Lipinski definition) is 6. The van der Waals surface area contributed by atoms with Crippen LogP contribution >= 0.6 is 0 Å². The third-order valence-corrected chi connectivity index (χ3v) is 2.99. The summed E-state index contributed by atoms with van der Waals surface area (Å²) in [6.45, 7) is 5.21. The second-order valence-electron chi connectivity index (χ2n) is 6.36. The molecule has 8 heteroatoms. The Morgan fingerprint density at radius 1 is 1.16 bits per heavy atom. The van der Waals surface area contributed by atoms with Gasteiger partial charge in [-0.1, -0.05) is 30.3 Å². The maximum Gasteiger partial charge on any atom is 0.408 e. The number of rotatable bonds is 7. The molecule has 1 rings (SSSR count). The van der Waals surface area contributed by atoms with Crippen LogP contribution in [0.3, 0.4) is 0 Å². The molecule has 138 valence electrons.